The average Bonchev–Trinajstić information content (AvgIpc) is 2.01. The molecule has 0 heterocycles. The highest BCUT2D eigenvalue weighted by Gasteiger charge is 2.27. The summed E-state index contributed by atoms with van der Waals surface area (Å²) in [5.74, 6) is -0.232. The normalized spacial score (nSPS) is 15.6. The Morgan fingerprint density at radius 3 is 2.29 bits per heavy atom. The first-order valence-electron chi connectivity index (χ1n) is 4.84. The molecule has 0 aliphatic rings. The SMILES string of the molecule is Cc1cc(F)cc([C@](C)(O)C(C)C)c1. The van der Waals surface area contributed by atoms with Crippen LogP contribution in [-0.2, 0) is 5.60 Å². The predicted molar refractivity (Wildman–Crippen MR) is 55.5 cm³/mol. The van der Waals surface area contributed by atoms with Gasteiger partial charge in [-0.2, -0.15) is 0 Å². The largest absolute Gasteiger partial charge is 0.385 e. The van der Waals surface area contributed by atoms with E-state index in [-0.39, 0.29) is 11.7 Å². The van der Waals surface area contributed by atoms with E-state index in [1.807, 2.05) is 26.8 Å². The summed E-state index contributed by atoms with van der Waals surface area (Å²) in [5.41, 5.74) is 0.512. The van der Waals surface area contributed by atoms with E-state index >= 15 is 0 Å². The third kappa shape index (κ3) is 2.13. The molecule has 0 unspecified atom stereocenters. The number of rotatable bonds is 2. The van der Waals surface area contributed by atoms with Crippen LogP contribution in [0.15, 0.2) is 18.2 Å². The standard InChI is InChI=1S/C12H17FO/c1-8(2)12(4,14)10-5-9(3)6-11(13)7-10/h5-8,14H,1-4H3/t12-/m1/s1. The maximum atomic E-state index is 13.1. The second-order valence-corrected chi connectivity index (χ2v) is 4.32. The minimum Gasteiger partial charge on any atom is -0.385 e. The molecule has 1 rings (SSSR count). The summed E-state index contributed by atoms with van der Waals surface area (Å²) in [7, 11) is 0. The van der Waals surface area contributed by atoms with Gasteiger partial charge in [0.1, 0.15) is 5.82 Å². The number of benzene rings is 1. The van der Waals surface area contributed by atoms with Crippen molar-refractivity contribution in [3.05, 3.63) is 35.1 Å². The predicted octanol–water partition coefficient (Wildman–Crippen LogP) is 3.00. The Hall–Kier alpha value is -0.890. The maximum Gasteiger partial charge on any atom is 0.123 e. The van der Waals surface area contributed by atoms with E-state index < -0.39 is 5.60 Å². The van der Waals surface area contributed by atoms with Crippen molar-refractivity contribution in [2.24, 2.45) is 5.92 Å². The molecule has 0 saturated carbocycles. The summed E-state index contributed by atoms with van der Waals surface area (Å²) < 4.78 is 13.1. The molecular formula is C12H17FO. The van der Waals surface area contributed by atoms with E-state index in [9.17, 15) is 9.50 Å². The van der Waals surface area contributed by atoms with Crippen molar-refractivity contribution in [2.75, 3.05) is 0 Å². The quantitative estimate of drug-likeness (QED) is 0.771. The zero-order chi connectivity index (χ0) is 10.9. The van der Waals surface area contributed by atoms with E-state index in [2.05, 4.69) is 0 Å². The second kappa shape index (κ2) is 3.70. The molecular weight excluding hydrogens is 179 g/mol. The van der Waals surface area contributed by atoms with Gasteiger partial charge in [0.25, 0.3) is 0 Å². The third-order valence-corrected chi connectivity index (χ3v) is 2.75. The number of hydrogen-bond donors (Lipinski definition) is 1. The summed E-state index contributed by atoms with van der Waals surface area (Å²) >= 11 is 0. The molecule has 1 atom stereocenters. The number of halogens is 1. The van der Waals surface area contributed by atoms with Crippen molar-refractivity contribution in [1.82, 2.24) is 0 Å². The first-order valence-corrected chi connectivity index (χ1v) is 4.84. The Morgan fingerprint density at radius 2 is 1.86 bits per heavy atom. The van der Waals surface area contributed by atoms with Crippen LogP contribution in [0.5, 0.6) is 0 Å². The molecule has 78 valence electrons. The van der Waals surface area contributed by atoms with E-state index in [4.69, 9.17) is 0 Å². The molecule has 0 aromatic heterocycles. The fraction of sp³-hybridized carbons (Fsp3) is 0.500. The lowest BCUT2D eigenvalue weighted by Crippen LogP contribution is -2.28. The molecule has 2 heteroatoms. The summed E-state index contributed by atoms with van der Waals surface area (Å²) in [5, 5.41) is 10.1. The van der Waals surface area contributed by atoms with Gasteiger partial charge in [0.15, 0.2) is 0 Å². The zero-order valence-electron chi connectivity index (χ0n) is 9.13. The summed E-state index contributed by atoms with van der Waals surface area (Å²) in [4.78, 5) is 0. The third-order valence-electron chi connectivity index (χ3n) is 2.75. The van der Waals surface area contributed by atoms with Gasteiger partial charge in [0, 0.05) is 0 Å². The lowest BCUT2D eigenvalue weighted by atomic mass is 9.84. The van der Waals surface area contributed by atoms with E-state index in [0.717, 1.165) is 5.56 Å². The highest BCUT2D eigenvalue weighted by Crippen LogP contribution is 2.29. The van der Waals surface area contributed by atoms with Gasteiger partial charge in [0.05, 0.1) is 5.60 Å². The van der Waals surface area contributed by atoms with Crippen LogP contribution in [0.3, 0.4) is 0 Å². The lowest BCUT2D eigenvalue weighted by molar-refractivity contribution is 0.00873. The first-order chi connectivity index (χ1) is 6.34. The summed E-state index contributed by atoms with van der Waals surface area (Å²) in [6.45, 7) is 7.37. The molecule has 0 bridgehead atoms. The Labute approximate surface area is 84.6 Å². The molecule has 0 aliphatic carbocycles. The minimum absolute atomic E-state index is 0.0590. The highest BCUT2D eigenvalue weighted by atomic mass is 19.1. The minimum atomic E-state index is -0.965. The van der Waals surface area contributed by atoms with Crippen molar-refractivity contribution in [2.45, 2.75) is 33.3 Å². The van der Waals surface area contributed by atoms with Crippen LogP contribution in [0.2, 0.25) is 0 Å². The van der Waals surface area contributed by atoms with Crippen LogP contribution >= 0.6 is 0 Å². The van der Waals surface area contributed by atoms with Gasteiger partial charge in [-0.1, -0.05) is 19.9 Å². The number of aliphatic hydroxyl groups is 1. The number of hydrogen-bond acceptors (Lipinski definition) is 1. The number of aryl methyl sites for hydroxylation is 1. The van der Waals surface area contributed by atoms with Crippen LogP contribution in [0.25, 0.3) is 0 Å². The van der Waals surface area contributed by atoms with Crippen LogP contribution in [-0.4, -0.2) is 5.11 Å². The Morgan fingerprint density at radius 1 is 1.29 bits per heavy atom. The Kier molecular flexibility index (Phi) is 2.95. The van der Waals surface area contributed by atoms with Crippen LogP contribution in [0, 0.1) is 18.7 Å². The summed E-state index contributed by atoms with van der Waals surface area (Å²) in [6, 6.07) is 4.68. The highest BCUT2D eigenvalue weighted by molar-refractivity contribution is 5.28. The van der Waals surface area contributed by atoms with Crippen molar-refractivity contribution >= 4 is 0 Å². The fourth-order valence-corrected chi connectivity index (χ4v) is 1.36. The fourth-order valence-electron chi connectivity index (χ4n) is 1.36. The molecule has 0 saturated heterocycles. The molecule has 14 heavy (non-hydrogen) atoms. The molecule has 1 aromatic rings. The average molecular weight is 196 g/mol. The van der Waals surface area contributed by atoms with Crippen molar-refractivity contribution in [3.8, 4) is 0 Å². The molecule has 0 fully saturated rings. The molecule has 0 aliphatic heterocycles. The zero-order valence-corrected chi connectivity index (χ0v) is 9.13. The van der Waals surface area contributed by atoms with Gasteiger partial charge >= 0.3 is 0 Å². The van der Waals surface area contributed by atoms with Gasteiger partial charge in [-0.15, -0.1) is 0 Å². The molecule has 0 spiro atoms. The molecule has 1 nitrogen and oxygen atoms in total. The van der Waals surface area contributed by atoms with Crippen LogP contribution < -0.4 is 0 Å². The smallest absolute Gasteiger partial charge is 0.123 e. The first kappa shape index (κ1) is 11.2. The van der Waals surface area contributed by atoms with Gasteiger partial charge in [-0.3, -0.25) is 0 Å². The Bertz CT molecular complexity index is 309. The van der Waals surface area contributed by atoms with Gasteiger partial charge < -0.3 is 5.11 Å². The van der Waals surface area contributed by atoms with Gasteiger partial charge in [0.2, 0.25) is 0 Å². The molecule has 0 amide bonds. The Balaban J connectivity index is 3.18. The van der Waals surface area contributed by atoms with Crippen LogP contribution in [0.4, 0.5) is 4.39 Å². The van der Waals surface area contributed by atoms with E-state index in [1.54, 1.807) is 6.92 Å². The molecule has 1 aromatic carbocycles. The van der Waals surface area contributed by atoms with Gasteiger partial charge in [-0.25, -0.2) is 4.39 Å². The topological polar surface area (TPSA) is 20.2 Å². The van der Waals surface area contributed by atoms with Crippen molar-refractivity contribution in [1.29, 1.82) is 0 Å². The molecule has 1 N–H and O–H groups in total. The van der Waals surface area contributed by atoms with Crippen molar-refractivity contribution in [3.63, 3.8) is 0 Å². The summed E-state index contributed by atoms with van der Waals surface area (Å²) in [6.07, 6.45) is 0. The van der Waals surface area contributed by atoms with Crippen molar-refractivity contribution < 1.29 is 9.50 Å². The lowest BCUT2D eigenvalue weighted by Gasteiger charge is -2.28. The van der Waals surface area contributed by atoms with Gasteiger partial charge in [-0.05, 0) is 43.0 Å². The molecule has 0 radical (unpaired) electrons. The second-order valence-electron chi connectivity index (χ2n) is 4.32. The van der Waals surface area contributed by atoms with E-state index in [0.29, 0.717) is 5.56 Å². The monoisotopic (exact) mass is 196 g/mol. The van der Waals surface area contributed by atoms with Crippen LogP contribution in [0.1, 0.15) is 31.9 Å². The van der Waals surface area contributed by atoms with E-state index in [1.165, 1.54) is 12.1 Å². The maximum absolute atomic E-state index is 13.1.